The number of methoxy groups -OCH3 is 1. The van der Waals surface area contributed by atoms with Crippen LogP contribution in [0.15, 0.2) is 0 Å². The van der Waals surface area contributed by atoms with Gasteiger partial charge >= 0.3 is 0 Å². The van der Waals surface area contributed by atoms with E-state index in [1.807, 2.05) is 0 Å². The molecule has 0 amide bonds. The molecule has 0 spiro atoms. The van der Waals surface area contributed by atoms with E-state index in [0.717, 1.165) is 37.5 Å². The number of hydrogen-bond donors (Lipinski definition) is 1. The zero-order valence-corrected chi connectivity index (χ0v) is 13.1. The van der Waals surface area contributed by atoms with Crippen LogP contribution in [0.4, 0.5) is 0 Å². The number of nitrogens with one attached hydrogen (secondary N) is 1. The summed E-state index contributed by atoms with van der Waals surface area (Å²) in [5, 5.41) is 3.53. The predicted octanol–water partition coefficient (Wildman–Crippen LogP) is 3.09. The summed E-state index contributed by atoms with van der Waals surface area (Å²) in [4.78, 5) is 0. The average molecular weight is 271 g/mol. The van der Waals surface area contributed by atoms with Crippen LogP contribution in [0, 0.1) is 17.8 Å². The van der Waals surface area contributed by atoms with E-state index in [1.165, 1.54) is 38.6 Å². The van der Waals surface area contributed by atoms with E-state index in [0.29, 0.717) is 6.61 Å². The molecule has 1 saturated carbocycles. The Balaban J connectivity index is 2.18. The Hall–Kier alpha value is -0.120. The lowest BCUT2D eigenvalue weighted by atomic mass is 9.73. The molecule has 3 atom stereocenters. The van der Waals surface area contributed by atoms with Gasteiger partial charge in [0, 0.05) is 13.7 Å². The van der Waals surface area contributed by atoms with Crippen LogP contribution in [0.3, 0.4) is 0 Å². The first-order valence-electron chi connectivity index (χ1n) is 8.05. The second kappa shape index (κ2) is 10.6. The molecular weight excluding hydrogens is 238 g/mol. The molecule has 0 aromatic rings. The second-order valence-corrected chi connectivity index (χ2v) is 5.99. The van der Waals surface area contributed by atoms with Gasteiger partial charge in [-0.05, 0) is 56.5 Å². The van der Waals surface area contributed by atoms with Crippen LogP contribution >= 0.6 is 0 Å². The zero-order chi connectivity index (χ0) is 13.9. The Bertz CT molecular complexity index is 209. The van der Waals surface area contributed by atoms with Crippen molar-refractivity contribution in [2.24, 2.45) is 17.8 Å². The molecule has 0 saturated heterocycles. The van der Waals surface area contributed by atoms with Gasteiger partial charge in [-0.1, -0.05) is 20.3 Å². The first-order chi connectivity index (χ1) is 9.27. The molecule has 3 nitrogen and oxygen atoms in total. The van der Waals surface area contributed by atoms with Gasteiger partial charge in [-0.3, -0.25) is 0 Å². The van der Waals surface area contributed by atoms with E-state index in [2.05, 4.69) is 19.2 Å². The van der Waals surface area contributed by atoms with Gasteiger partial charge in [0.05, 0.1) is 13.2 Å². The van der Waals surface area contributed by atoms with Crippen molar-refractivity contribution in [3.8, 4) is 0 Å². The van der Waals surface area contributed by atoms with Crippen molar-refractivity contribution < 1.29 is 9.47 Å². The smallest absolute Gasteiger partial charge is 0.0700 e. The van der Waals surface area contributed by atoms with Crippen molar-refractivity contribution in [2.45, 2.75) is 46.0 Å². The summed E-state index contributed by atoms with van der Waals surface area (Å²) in [5.74, 6) is 2.70. The summed E-state index contributed by atoms with van der Waals surface area (Å²) in [6.07, 6.45) is 6.76. The fraction of sp³-hybridized carbons (Fsp3) is 1.00. The summed E-state index contributed by atoms with van der Waals surface area (Å²) in [6.45, 7) is 9.25. The van der Waals surface area contributed by atoms with E-state index < -0.39 is 0 Å². The number of rotatable bonds is 10. The molecule has 3 unspecified atom stereocenters. The quantitative estimate of drug-likeness (QED) is 0.619. The van der Waals surface area contributed by atoms with Crippen LogP contribution in [-0.4, -0.2) is 40.0 Å². The highest BCUT2D eigenvalue weighted by molar-refractivity contribution is 4.80. The van der Waals surface area contributed by atoms with Crippen LogP contribution in [0.2, 0.25) is 0 Å². The largest absolute Gasteiger partial charge is 0.382 e. The van der Waals surface area contributed by atoms with Gasteiger partial charge in [0.1, 0.15) is 0 Å². The Morgan fingerprint density at radius 3 is 2.68 bits per heavy atom. The molecule has 0 radical (unpaired) electrons. The highest BCUT2D eigenvalue weighted by atomic mass is 16.5. The lowest BCUT2D eigenvalue weighted by Gasteiger charge is -2.35. The van der Waals surface area contributed by atoms with Gasteiger partial charge in [0.2, 0.25) is 0 Å². The van der Waals surface area contributed by atoms with Crippen molar-refractivity contribution in [1.29, 1.82) is 0 Å². The fourth-order valence-electron chi connectivity index (χ4n) is 3.21. The van der Waals surface area contributed by atoms with Gasteiger partial charge in [-0.25, -0.2) is 0 Å². The Labute approximate surface area is 119 Å². The highest BCUT2D eigenvalue weighted by Gasteiger charge is 2.27. The van der Waals surface area contributed by atoms with Gasteiger partial charge in [0.25, 0.3) is 0 Å². The summed E-state index contributed by atoms with van der Waals surface area (Å²) >= 11 is 0. The molecule has 0 heterocycles. The van der Waals surface area contributed by atoms with Gasteiger partial charge in [-0.15, -0.1) is 0 Å². The van der Waals surface area contributed by atoms with E-state index in [1.54, 1.807) is 7.11 Å². The lowest BCUT2D eigenvalue weighted by Crippen LogP contribution is -2.32. The molecule has 3 heteroatoms. The topological polar surface area (TPSA) is 30.5 Å². The number of hydrogen-bond acceptors (Lipinski definition) is 3. The lowest BCUT2D eigenvalue weighted by molar-refractivity contribution is 0.0632. The predicted molar refractivity (Wildman–Crippen MR) is 80.5 cm³/mol. The standard InChI is InChI=1S/C16H33NO2/c1-4-17-13-16-8-7-14(2)12-15(16)6-5-9-19-11-10-18-3/h14-17H,4-13H2,1-3H3. The molecule has 19 heavy (non-hydrogen) atoms. The van der Waals surface area contributed by atoms with Gasteiger partial charge < -0.3 is 14.8 Å². The fourth-order valence-corrected chi connectivity index (χ4v) is 3.21. The summed E-state index contributed by atoms with van der Waals surface area (Å²) in [7, 11) is 1.72. The molecule has 0 aromatic carbocycles. The molecule has 114 valence electrons. The first kappa shape index (κ1) is 16.9. The Kier molecular flexibility index (Phi) is 9.48. The Morgan fingerprint density at radius 2 is 1.95 bits per heavy atom. The van der Waals surface area contributed by atoms with Crippen LogP contribution < -0.4 is 5.32 Å². The summed E-state index contributed by atoms with van der Waals surface area (Å²) in [6, 6.07) is 0. The van der Waals surface area contributed by atoms with Crippen molar-refractivity contribution >= 4 is 0 Å². The second-order valence-electron chi connectivity index (χ2n) is 5.99. The minimum Gasteiger partial charge on any atom is -0.382 e. The van der Waals surface area contributed by atoms with Crippen LogP contribution in [0.1, 0.15) is 46.0 Å². The highest BCUT2D eigenvalue weighted by Crippen LogP contribution is 2.36. The SMILES string of the molecule is CCNCC1CCC(C)CC1CCCOCCOC. The summed E-state index contributed by atoms with van der Waals surface area (Å²) in [5.41, 5.74) is 0. The molecule has 1 N–H and O–H groups in total. The van der Waals surface area contributed by atoms with Gasteiger partial charge in [0.15, 0.2) is 0 Å². The maximum Gasteiger partial charge on any atom is 0.0700 e. The van der Waals surface area contributed by atoms with Crippen LogP contribution in [-0.2, 0) is 9.47 Å². The van der Waals surface area contributed by atoms with Crippen molar-refractivity contribution in [1.82, 2.24) is 5.32 Å². The third-order valence-corrected chi connectivity index (χ3v) is 4.35. The molecule has 1 rings (SSSR count). The normalized spacial score (nSPS) is 27.6. The van der Waals surface area contributed by atoms with Crippen molar-refractivity contribution in [3.05, 3.63) is 0 Å². The average Bonchev–Trinajstić information content (AvgIpc) is 2.42. The maximum atomic E-state index is 5.57. The molecular formula is C16H33NO2. The minimum atomic E-state index is 0.712. The molecule has 0 bridgehead atoms. The third kappa shape index (κ3) is 7.28. The van der Waals surface area contributed by atoms with Gasteiger partial charge in [-0.2, -0.15) is 0 Å². The first-order valence-corrected chi connectivity index (χ1v) is 8.05. The molecule has 0 aliphatic heterocycles. The van der Waals surface area contributed by atoms with Crippen molar-refractivity contribution in [2.75, 3.05) is 40.0 Å². The zero-order valence-electron chi connectivity index (χ0n) is 13.1. The van der Waals surface area contributed by atoms with E-state index >= 15 is 0 Å². The van der Waals surface area contributed by atoms with E-state index in [4.69, 9.17) is 9.47 Å². The van der Waals surface area contributed by atoms with Crippen molar-refractivity contribution in [3.63, 3.8) is 0 Å². The minimum absolute atomic E-state index is 0.712. The van der Waals surface area contributed by atoms with E-state index in [-0.39, 0.29) is 0 Å². The molecule has 1 aliphatic rings. The monoisotopic (exact) mass is 271 g/mol. The molecule has 1 aliphatic carbocycles. The van der Waals surface area contributed by atoms with Crippen LogP contribution in [0.5, 0.6) is 0 Å². The summed E-state index contributed by atoms with van der Waals surface area (Å²) < 4.78 is 10.5. The maximum absolute atomic E-state index is 5.57. The van der Waals surface area contributed by atoms with Crippen LogP contribution in [0.25, 0.3) is 0 Å². The van der Waals surface area contributed by atoms with E-state index in [9.17, 15) is 0 Å². The molecule has 0 aromatic heterocycles. The Morgan fingerprint density at radius 1 is 1.11 bits per heavy atom. The third-order valence-electron chi connectivity index (χ3n) is 4.35. The number of ether oxygens (including phenoxy) is 2. The molecule has 1 fully saturated rings.